The Kier molecular flexibility index (Phi) is 3.79. The van der Waals surface area contributed by atoms with Gasteiger partial charge >= 0.3 is 6.09 Å². The molecule has 0 aromatic heterocycles. The molecule has 0 aliphatic carbocycles. The number of hydrogen-bond donors (Lipinski definition) is 1. The lowest BCUT2D eigenvalue weighted by Gasteiger charge is -2.15. The first-order valence-electron chi connectivity index (χ1n) is 2.79. The Morgan fingerprint density at radius 2 is 2.33 bits per heavy atom. The van der Waals surface area contributed by atoms with Crippen LogP contribution in [-0.2, 0) is 4.74 Å². The van der Waals surface area contributed by atoms with Crippen molar-refractivity contribution in [3.05, 3.63) is 0 Å². The zero-order chi connectivity index (χ0) is 7.28. The maximum absolute atomic E-state index is 10.6. The van der Waals surface area contributed by atoms with Gasteiger partial charge in [-0.15, -0.1) is 0 Å². The maximum atomic E-state index is 10.6. The Bertz CT molecular complexity index is 91.0. The third kappa shape index (κ3) is 2.32. The highest BCUT2D eigenvalue weighted by molar-refractivity contribution is 5.67. The van der Waals surface area contributed by atoms with Gasteiger partial charge in [-0.1, -0.05) is 0 Å². The summed E-state index contributed by atoms with van der Waals surface area (Å²) in [7, 11) is 1.33. The van der Waals surface area contributed by atoms with Gasteiger partial charge in [-0.2, -0.15) is 0 Å². The molecule has 0 unspecified atom stereocenters. The van der Waals surface area contributed by atoms with Crippen LogP contribution in [-0.4, -0.2) is 31.3 Å². The molecule has 0 fully saturated rings. The van der Waals surface area contributed by atoms with Crippen molar-refractivity contribution in [2.45, 2.75) is 6.92 Å². The molecule has 0 bridgehead atoms. The average Bonchev–Trinajstić information content (AvgIpc) is 1.90. The van der Waals surface area contributed by atoms with Crippen LogP contribution in [0.5, 0.6) is 0 Å². The van der Waals surface area contributed by atoms with Crippen molar-refractivity contribution >= 4 is 6.09 Å². The summed E-state index contributed by atoms with van der Waals surface area (Å²) in [5.74, 6) is 0. The van der Waals surface area contributed by atoms with Gasteiger partial charge in [0.15, 0.2) is 0 Å². The number of nitrogens with zero attached hydrogens (tertiary/aromatic N) is 1. The van der Waals surface area contributed by atoms with Crippen LogP contribution >= 0.6 is 0 Å². The lowest BCUT2D eigenvalue weighted by atomic mass is 10.6. The fourth-order valence-corrected chi connectivity index (χ4v) is 0.462. The second-order valence-corrected chi connectivity index (χ2v) is 1.51. The van der Waals surface area contributed by atoms with Crippen LogP contribution in [0.3, 0.4) is 0 Å². The van der Waals surface area contributed by atoms with Crippen molar-refractivity contribution in [2.75, 3.05) is 20.3 Å². The number of carbonyl (C=O) groups excluding carboxylic acids is 1. The summed E-state index contributed by atoms with van der Waals surface area (Å²) in [6, 6.07) is 0. The van der Waals surface area contributed by atoms with Crippen molar-refractivity contribution in [1.29, 1.82) is 0 Å². The molecule has 0 spiro atoms. The SMILES string of the molecule is CCN(CN)C(=O)OC. The van der Waals surface area contributed by atoms with Crippen molar-refractivity contribution < 1.29 is 9.53 Å². The molecule has 4 heteroatoms. The summed E-state index contributed by atoms with van der Waals surface area (Å²) in [4.78, 5) is 12.0. The van der Waals surface area contributed by atoms with Crippen LogP contribution in [0.1, 0.15) is 6.92 Å². The molecule has 54 valence electrons. The number of methoxy groups -OCH3 is 1. The fraction of sp³-hybridized carbons (Fsp3) is 0.800. The van der Waals surface area contributed by atoms with E-state index >= 15 is 0 Å². The van der Waals surface area contributed by atoms with E-state index in [1.54, 1.807) is 0 Å². The van der Waals surface area contributed by atoms with Gasteiger partial charge in [0.2, 0.25) is 0 Å². The quantitative estimate of drug-likeness (QED) is 0.538. The molecule has 0 saturated carbocycles. The van der Waals surface area contributed by atoms with Crippen LogP contribution in [0.25, 0.3) is 0 Å². The molecular weight excluding hydrogens is 120 g/mol. The highest BCUT2D eigenvalue weighted by atomic mass is 16.5. The Balaban J connectivity index is 3.64. The van der Waals surface area contributed by atoms with Gasteiger partial charge in [0, 0.05) is 6.54 Å². The predicted molar refractivity (Wildman–Crippen MR) is 33.8 cm³/mol. The molecule has 0 aliphatic rings. The summed E-state index contributed by atoms with van der Waals surface area (Å²) in [5.41, 5.74) is 5.18. The third-order valence-electron chi connectivity index (χ3n) is 1.03. The Labute approximate surface area is 54.6 Å². The van der Waals surface area contributed by atoms with Gasteiger partial charge in [-0.05, 0) is 6.92 Å². The summed E-state index contributed by atoms with van der Waals surface area (Å²) in [6.45, 7) is 2.64. The molecule has 0 atom stereocenters. The zero-order valence-corrected chi connectivity index (χ0v) is 5.76. The number of rotatable bonds is 2. The van der Waals surface area contributed by atoms with Gasteiger partial charge in [0.25, 0.3) is 0 Å². The summed E-state index contributed by atoms with van der Waals surface area (Å²) < 4.78 is 4.40. The van der Waals surface area contributed by atoms with Crippen LogP contribution in [0.4, 0.5) is 4.79 Å². The molecule has 0 saturated heterocycles. The highest BCUT2D eigenvalue weighted by Gasteiger charge is 2.06. The zero-order valence-electron chi connectivity index (χ0n) is 5.76. The summed E-state index contributed by atoms with van der Waals surface area (Å²) in [6.07, 6.45) is -0.375. The molecule has 0 aromatic carbocycles. The van der Waals surface area contributed by atoms with Crippen molar-refractivity contribution in [1.82, 2.24) is 4.90 Å². The van der Waals surface area contributed by atoms with Gasteiger partial charge in [-0.3, -0.25) is 4.90 Å². The lowest BCUT2D eigenvalue weighted by molar-refractivity contribution is 0.127. The van der Waals surface area contributed by atoms with E-state index in [9.17, 15) is 4.79 Å². The Hall–Kier alpha value is -0.770. The normalized spacial score (nSPS) is 8.78. The van der Waals surface area contributed by atoms with E-state index in [0.717, 1.165) is 0 Å². The molecule has 0 aromatic rings. The molecule has 4 nitrogen and oxygen atoms in total. The van der Waals surface area contributed by atoms with Gasteiger partial charge in [0.05, 0.1) is 13.8 Å². The molecule has 2 N–H and O–H groups in total. The van der Waals surface area contributed by atoms with Gasteiger partial charge < -0.3 is 10.5 Å². The second-order valence-electron chi connectivity index (χ2n) is 1.51. The number of carbonyl (C=O) groups is 1. The van der Waals surface area contributed by atoms with Crippen LogP contribution in [0.15, 0.2) is 0 Å². The largest absolute Gasteiger partial charge is 0.453 e. The maximum Gasteiger partial charge on any atom is 0.410 e. The second kappa shape index (κ2) is 4.14. The molecule has 0 aliphatic heterocycles. The molecule has 0 rings (SSSR count). The minimum Gasteiger partial charge on any atom is -0.453 e. The third-order valence-corrected chi connectivity index (χ3v) is 1.03. The van der Waals surface area contributed by atoms with E-state index in [1.165, 1.54) is 12.0 Å². The summed E-state index contributed by atoms with van der Waals surface area (Å²) >= 11 is 0. The molecular formula is C5H12N2O2. The monoisotopic (exact) mass is 132 g/mol. The summed E-state index contributed by atoms with van der Waals surface area (Å²) in [5, 5.41) is 0. The lowest BCUT2D eigenvalue weighted by Crippen LogP contribution is -2.35. The standard InChI is InChI=1S/C5H12N2O2/c1-3-7(4-6)5(8)9-2/h3-4,6H2,1-2H3. The molecule has 0 radical (unpaired) electrons. The van der Waals surface area contributed by atoms with E-state index in [4.69, 9.17) is 5.73 Å². The van der Waals surface area contributed by atoms with Gasteiger partial charge in [0.1, 0.15) is 0 Å². The first kappa shape index (κ1) is 8.23. The van der Waals surface area contributed by atoms with Gasteiger partial charge in [-0.25, -0.2) is 4.79 Å². The van der Waals surface area contributed by atoms with Crippen molar-refractivity contribution in [3.63, 3.8) is 0 Å². The molecule has 1 amide bonds. The van der Waals surface area contributed by atoms with Crippen molar-refractivity contribution in [2.24, 2.45) is 5.73 Å². The highest BCUT2D eigenvalue weighted by Crippen LogP contribution is 1.87. The number of nitrogens with two attached hydrogens (primary N) is 1. The van der Waals surface area contributed by atoms with Crippen LogP contribution in [0, 0.1) is 0 Å². The fourth-order valence-electron chi connectivity index (χ4n) is 0.462. The first-order valence-corrected chi connectivity index (χ1v) is 2.79. The Morgan fingerprint density at radius 3 is 2.44 bits per heavy atom. The minimum atomic E-state index is -0.375. The smallest absolute Gasteiger partial charge is 0.410 e. The van der Waals surface area contributed by atoms with E-state index in [1.807, 2.05) is 6.92 Å². The van der Waals surface area contributed by atoms with Crippen LogP contribution in [0.2, 0.25) is 0 Å². The average molecular weight is 132 g/mol. The van der Waals surface area contributed by atoms with Crippen molar-refractivity contribution in [3.8, 4) is 0 Å². The van der Waals surface area contributed by atoms with E-state index in [0.29, 0.717) is 6.54 Å². The van der Waals surface area contributed by atoms with E-state index in [2.05, 4.69) is 4.74 Å². The molecule has 9 heavy (non-hydrogen) atoms. The number of ether oxygens (including phenoxy) is 1. The Morgan fingerprint density at radius 1 is 1.78 bits per heavy atom. The minimum absolute atomic E-state index is 0.211. The van der Waals surface area contributed by atoms with E-state index < -0.39 is 0 Å². The number of hydrogen-bond acceptors (Lipinski definition) is 3. The van der Waals surface area contributed by atoms with E-state index in [-0.39, 0.29) is 12.8 Å². The first-order chi connectivity index (χ1) is 4.26. The topological polar surface area (TPSA) is 55.6 Å². The van der Waals surface area contributed by atoms with Crippen LogP contribution < -0.4 is 5.73 Å². The number of amides is 1. The predicted octanol–water partition coefficient (Wildman–Crippen LogP) is -0.00910. The molecule has 0 heterocycles.